The third kappa shape index (κ3) is 4.70. The van der Waals surface area contributed by atoms with Gasteiger partial charge in [0.1, 0.15) is 6.07 Å². The van der Waals surface area contributed by atoms with Crippen molar-refractivity contribution in [1.82, 2.24) is 19.0 Å². The molecule has 0 spiro atoms. The van der Waals surface area contributed by atoms with Gasteiger partial charge in [-0.25, -0.2) is 4.79 Å². The summed E-state index contributed by atoms with van der Waals surface area (Å²) >= 11 is 0. The lowest BCUT2D eigenvalue weighted by molar-refractivity contribution is 0.181. The highest BCUT2D eigenvalue weighted by Gasteiger charge is 2.22. The number of likely N-dealkylation sites (N-methyl/N-ethyl adjacent to an activating group) is 1. The van der Waals surface area contributed by atoms with Crippen LogP contribution in [0.15, 0.2) is 65.8 Å². The SMILES string of the molecule is COC(=O)/N=c1\n(C)c2cnc3ccc(-c4ccc(C)cc4)cc3c2n1-c1cc(C#N)c(N2CCN(C)CC2)cc1C. The van der Waals surface area contributed by atoms with Crippen LogP contribution in [-0.2, 0) is 11.8 Å². The highest BCUT2D eigenvalue weighted by Crippen LogP contribution is 2.33. The van der Waals surface area contributed by atoms with E-state index in [0.717, 1.165) is 76.2 Å². The fourth-order valence-corrected chi connectivity index (χ4v) is 5.73. The van der Waals surface area contributed by atoms with Crippen LogP contribution in [0.1, 0.15) is 16.7 Å². The van der Waals surface area contributed by atoms with Crippen molar-refractivity contribution in [3.05, 3.63) is 83.1 Å². The fourth-order valence-electron chi connectivity index (χ4n) is 5.73. The van der Waals surface area contributed by atoms with Gasteiger partial charge in [0, 0.05) is 38.6 Å². The molecule has 0 atom stereocenters. The first-order valence-electron chi connectivity index (χ1n) is 14.0. The second-order valence-electron chi connectivity index (χ2n) is 10.9. The summed E-state index contributed by atoms with van der Waals surface area (Å²) in [5.41, 5.74) is 9.42. The van der Waals surface area contributed by atoms with E-state index in [4.69, 9.17) is 9.72 Å². The highest BCUT2D eigenvalue weighted by atomic mass is 16.5. The van der Waals surface area contributed by atoms with E-state index in [2.05, 4.69) is 77.3 Å². The van der Waals surface area contributed by atoms with E-state index in [1.54, 1.807) is 6.20 Å². The van der Waals surface area contributed by atoms with Crippen molar-refractivity contribution in [1.29, 1.82) is 5.26 Å². The van der Waals surface area contributed by atoms with Gasteiger partial charge in [-0.05, 0) is 61.9 Å². The fraction of sp³-hybridized carbons (Fsp3) is 0.273. The maximum atomic E-state index is 12.5. The molecule has 0 saturated carbocycles. The molecule has 6 rings (SSSR count). The molecule has 1 aliphatic heterocycles. The Bertz CT molecular complexity index is 1950. The number of piperazine rings is 1. The number of nitriles is 1. The number of imidazole rings is 1. The lowest BCUT2D eigenvalue weighted by atomic mass is 10.0. The largest absolute Gasteiger partial charge is 0.451 e. The van der Waals surface area contributed by atoms with E-state index in [1.807, 2.05) is 35.2 Å². The van der Waals surface area contributed by atoms with Crippen molar-refractivity contribution in [2.75, 3.05) is 45.2 Å². The standard InChI is InChI=1S/C33H33N7O2/c1-21-6-8-23(9-7-21)24-10-11-27-26(17-24)31-30(20-35-27)38(4)32(36-33(41)42-5)40(31)28-18-25(19-34)29(16-22(28)2)39-14-12-37(3)13-15-39/h6-11,16-18,20H,12-15H2,1-5H3/b36-32+. The van der Waals surface area contributed by atoms with Gasteiger partial charge in [-0.1, -0.05) is 35.9 Å². The third-order valence-corrected chi connectivity index (χ3v) is 8.18. The molecule has 9 nitrogen and oxygen atoms in total. The first-order valence-corrected chi connectivity index (χ1v) is 14.0. The molecule has 3 heterocycles. The van der Waals surface area contributed by atoms with Crippen molar-refractivity contribution in [2.24, 2.45) is 12.0 Å². The molecule has 3 aromatic carbocycles. The van der Waals surface area contributed by atoms with Crippen molar-refractivity contribution in [3.63, 3.8) is 0 Å². The molecule has 212 valence electrons. The number of fused-ring (bicyclic) bond motifs is 3. The van der Waals surface area contributed by atoms with E-state index >= 15 is 0 Å². The lowest BCUT2D eigenvalue weighted by Gasteiger charge is -2.34. The van der Waals surface area contributed by atoms with Crippen LogP contribution in [-0.4, -0.2) is 65.4 Å². The molecule has 0 radical (unpaired) electrons. The Balaban J connectivity index is 1.66. The average Bonchev–Trinajstić information content (AvgIpc) is 3.28. The van der Waals surface area contributed by atoms with Gasteiger partial charge >= 0.3 is 6.09 Å². The number of anilines is 1. The molecule has 2 aromatic heterocycles. The van der Waals surface area contributed by atoms with Gasteiger partial charge in [-0.2, -0.15) is 5.26 Å². The van der Waals surface area contributed by atoms with Gasteiger partial charge in [-0.3, -0.25) is 9.55 Å². The number of methoxy groups -OCH3 is 1. The van der Waals surface area contributed by atoms with Gasteiger partial charge in [0.2, 0.25) is 5.62 Å². The summed E-state index contributed by atoms with van der Waals surface area (Å²) in [5, 5.41) is 11.2. The maximum Gasteiger partial charge on any atom is 0.436 e. The number of aryl methyl sites for hydroxylation is 3. The number of rotatable bonds is 3. The molecule has 0 unspecified atom stereocenters. The van der Waals surface area contributed by atoms with Crippen LogP contribution in [0.4, 0.5) is 10.5 Å². The Hall–Kier alpha value is -4.94. The molecule has 0 bridgehead atoms. The van der Waals surface area contributed by atoms with Crippen LogP contribution < -0.4 is 10.5 Å². The summed E-state index contributed by atoms with van der Waals surface area (Å²) in [4.78, 5) is 26.2. The number of aromatic nitrogens is 3. The smallest absolute Gasteiger partial charge is 0.436 e. The number of carbonyl (C=O) groups excluding carboxylic acids is 1. The van der Waals surface area contributed by atoms with Gasteiger partial charge in [0.15, 0.2) is 0 Å². The summed E-state index contributed by atoms with van der Waals surface area (Å²) in [6, 6.07) is 21.1. The normalized spacial score (nSPS) is 14.5. The zero-order chi connectivity index (χ0) is 29.5. The molecule has 1 fully saturated rings. The van der Waals surface area contributed by atoms with Gasteiger partial charge in [0.25, 0.3) is 0 Å². The minimum Gasteiger partial charge on any atom is -0.451 e. The minimum atomic E-state index is -0.709. The number of amides is 1. The average molecular weight is 560 g/mol. The molecule has 0 aliphatic carbocycles. The predicted molar refractivity (Wildman–Crippen MR) is 165 cm³/mol. The van der Waals surface area contributed by atoms with Gasteiger partial charge < -0.3 is 19.1 Å². The summed E-state index contributed by atoms with van der Waals surface area (Å²) in [5.74, 6) is 0. The molecular weight excluding hydrogens is 526 g/mol. The van der Waals surface area contributed by atoms with Gasteiger partial charge in [0.05, 0.1) is 46.8 Å². The monoisotopic (exact) mass is 559 g/mol. The Kier molecular flexibility index (Phi) is 7.01. The highest BCUT2D eigenvalue weighted by molar-refractivity contribution is 6.04. The van der Waals surface area contributed by atoms with Crippen LogP contribution in [0.5, 0.6) is 0 Å². The van der Waals surface area contributed by atoms with Crippen molar-refractivity contribution >= 4 is 33.7 Å². The maximum absolute atomic E-state index is 12.5. The number of hydrogen-bond acceptors (Lipinski definition) is 6. The van der Waals surface area contributed by atoms with E-state index < -0.39 is 6.09 Å². The molecular formula is C33H33N7O2. The predicted octanol–water partition coefficient (Wildman–Crippen LogP) is 5.09. The minimum absolute atomic E-state index is 0.381. The second kappa shape index (κ2) is 10.8. The molecule has 9 heteroatoms. The number of benzene rings is 3. The van der Waals surface area contributed by atoms with Crippen molar-refractivity contribution in [2.45, 2.75) is 13.8 Å². The Morgan fingerprint density at radius 2 is 1.67 bits per heavy atom. The van der Waals surface area contributed by atoms with Crippen LogP contribution in [0.25, 0.3) is 38.8 Å². The molecule has 5 aromatic rings. The Morgan fingerprint density at radius 3 is 2.36 bits per heavy atom. The molecule has 1 amide bonds. The van der Waals surface area contributed by atoms with Crippen LogP contribution >= 0.6 is 0 Å². The van der Waals surface area contributed by atoms with Crippen LogP contribution in [0, 0.1) is 25.2 Å². The van der Waals surface area contributed by atoms with Gasteiger partial charge in [-0.15, -0.1) is 4.99 Å². The summed E-state index contributed by atoms with van der Waals surface area (Å²) in [7, 11) is 5.29. The topological polar surface area (TPSA) is 91.7 Å². The third-order valence-electron chi connectivity index (χ3n) is 8.18. The number of hydrogen-bond donors (Lipinski definition) is 0. The van der Waals surface area contributed by atoms with E-state index in [0.29, 0.717) is 11.2 Å². The van der Waals surface area contributed by atoms with Crippen LogP contribution in [0.2, 0.25) is 0 Å². The molecule has 0 N–H and O–H groups in total. The van der Waals surface area contributed by atoms with Crippen LogP contribution in [0.3, 0.4) is 0 Å². The number of pyridine rings is 1. The zero-order valence-electron chi connectivity index (χ0n) is 24.5. The molecule has 42 heavy (non-hydrogen) atoms. The second-order valence-corrected chi connectivity index (χ2v) is 10.9. The zero-order valence-corrected chi connectivity index (χ0v) is 24.5. The van der Waals surface area contributed by atoms with Crippen molar-refractivity contribution < 1.29 is 9.53 Å². The Labute approximate surface area is 244 Å². The Morgan fingerprint density at radius 1 is 0.952 bits per heavy atom. The van der Waals surface area contributed by atoms with E-state index in [1.165, 1.54) is 12.7 Å². The number of nitrogens with zero attached hydrogens (tertiary/aromatic N) is 7. The molecule has 1 aliphatic rings. The summed E-state index contributed by atoms with van der Waals surface area (Å²) in [6.07, 6.45) is 1.09. The number of ether oxygens (including phenoxy) is 1. The number of carbonyl (C=O) groups is 1. The first-order chi connectivity index (χ1) is 20.3. The molecule has 1 saturated heterocycles. The van der Waals surface area contributed by atoms with E-state index in [-0.39, 0.29) is 0 Å². The van der Waals surface area contributed by atoms with E-state index in [9.17, 15) is 10.1 Å². The quantitative estimate of drug-likeness (QED) is 0.306. The lowest BCUT2D eigenvalue weighted by Crippen LogP contribution is -2.44. The summed E-state index contributed by atoms with van der Waals surface area (Å²) in [6.45, 7) is 7.69. The summed E-state index contributed by atoms with van der Waals surface area (Å²) < 4.78 is 8.74. The first kappa shape index (κ1) is 27.2. The van der Waals surface area contributed by atoms with Crippen molar-refractivity contribution in [3.8, 4) is 22.9 Å².